The maximum absolute atomic E-state index is 13.0. The molecule has 10 heteroatoms. The van der Waals surface area contributed by atoms with Crippen LogP contribution in [0.3, 0.4) is 0 Å². The Labute approximate surface area is 193 Å². The third-order valence-corrected chi connectivity index (χ3v) is 7.19. The number of sulfonamides is 1. The number of anilines is 1. The lowest BCUT2D eigenvalue weighted by molar-refractivity contribution is 0.405. The molecule has 166 valence electrons. The lowest BCUT2D eigenvalue weighted by atomic mass is 10.2. The number of fused-ring (bicyclic) bond motifs is 1. The molecule has 3 aromatic rings. The van der Waals surface area contributed by atoms with E-state index in [4.69, 9.17) is 23.2 Å². The second-order valence-electron chi connectivity index (χ2n) is 7.43. The van der Waals surface area contributed by atoms with Crippen LogP contribution in [0.2, 0.25) is 10.0 Å². The fraction of sp³-hybridized carbons (Fsp3) is 0.333. The van der Waals surface area contributed by atoms with E-state index in [0.29, 0.717) is 16.7 Å². The molecule has 1 N–H and O–H groups in total. The number of aromatic nitrogens is 2. The highest BCUT2D eigenvalue weighted by molar-refractivity contribution is 7.89. The minimum Gasteiger partial charge on any atom is -0.369 e. The maximum Gasteiger partial charge on any atom is 0.244 e. The van der Waals surface area contributed by atoms with Crippen molar-refractivity contribution in [2.24, 2.45) is 0 Å². The Hall–Kier alpha value is -1.97. The molecule has 3 rings (SSSR count). The van der Waals surface area contributed by atoms with Crippen molar-refractivity contribution in [2.45, 2.75) is 17.9 Å². The number of para-hydroxylation sites is 1. The number of hydrogen-bond acceptors (Lipinski definition) is 6. The molecule has 0 atom stereocenters. The highest BCUT2D eigenvalue weighted by Crippen LogP contribution is 2.28. The van der Waals surface area contributed by atoms with Gasteiger partial charge in [-0.15, -0.1) is 0 Å². The first-order valence-corrected chi connectivity index (χ1v) is 11.9. The van der Waals surface area contributed by atoms with Gasteiger partial charge in [-0.2, -0.15) is 4.31 Å². The zero-order valence-corrected chi connectivity index (χ0v) is 20.0. The number of hydrogen-bond donors (Lipinski definition) is 1. The Balaban J connectivity index is 1.87. The van der Waals surface area contributed by atoms with Gasteiger partial charge in [-0.1, -0.05) is 35.3 Å². The highest BCUT2D eigenvalue weighted by atomic mass is 35.5. The van der Waals surface area contributed by atoms with Gasteiger partial charge in [-0.05, 0) is 57.4 Å². The fourth-order valence-corrected chi connectivity index (χ4v) is 4.92. The Morgan fingerprint density at radius 3 is 2.52 bits per heavy atom. The number of nitrogens with zero attached hydrogens (tertiary/aromatic N) is 4. The predicted molar refractivity (Wildman–Crippen MR) is 126 cm³/mol. The van der Waals surface area contributed by atoms with E-state index in [2.05, 4.69) is 20.2 Å². The molecule has 0 spiro atoms. The normalized spacial score (nSPS) is 12.1. The van der Waals surface area contributed by atoms with Gasteiger partial charge in [0.25, 0.3) is 0 Å². The van der Waals surface area contributed by atoms with Crippen molar-refractivity contribution in [2.75, 3.05) is 39.5 Å². The molecule has 0 aliphatic carbocycles. The fourth-order valence-electron chi connectivity index (χ4n) is 3.06. The van der Waals surface area contributed by atoms with Crippen molar-refractivity contribution in [3.05, 3.63) is 58.3 Å². The molecule has 0 saturated heterocycles. The summed E-state index contributed by atoms with van der Waals surface area (Å²) in [6.07, 6.45) is 0.947. The average Bonchev–Trinajstić information content (AvgIpc) is 2.72. The third-order valence-electron chi connectivity index (χ3n) is 4.67. The molecule has 7 nitrogen and oxygen atoms in total. The van der Waals surface area contributed by atoms with Crippen LogP contribution < -0.4 is 5.32 Å². The van der Waals surface area contributed by atoms with Crippen LogP contribution in [-0.2, 0) is 16.6 Å². The second-order valence-corrected chi connectivity index (χ2v) is 10.3. The van der Waals surface area contributed by atoms with Gasteiger partial charge in [0.05, 0.1) is 17.1 Å². The van der Waals surface area contributed by atoms with Crippen LogP contribution >= 0.6 is 23.2 Å². The summed E-state index contributed by atoms with van der Waals surface area (Å²) in [5, 5.41) is 4.65. The molecule has 0 fully saturated rings. The van der Waals surface area contributed by atoms with E-state index in [-0.39, 0.29) is 16.5 Å². The summed E-state index contributed by atoms with van der Waals surface area (Å²) in [5.41, 5.74) is 0.745. The van der Waals surface area contributed by atoms with Gasteiger partial charge in [0, 0.05) is 24.0 Å². The van der Waals surface area contributed by atoms with Gasteiger partial charge in [-0.3, -0.25) is 0 Å². The molecule has 0 aliphatic rings. The van der Waals surface area contributed by atoms with Crippen LogP contribution in [0.15, 0.2) is 47.4 Å². The van der Waals surface area contributed by atoms with Crippen LogP contribution in [0, 0.1) is 0 Å². The summed E-state index contributed by atoms with van der Waals surface area (Å²) in [6, 6.07) is 12.0. The molecule has 2 aromatic carbocycles. The third kappa shape index (κ3) is 5.84. The van der Waals surface area contributed by atoms with E-state index in [1.54, 1.807) is 6.07 Å². The molecule has 0 aliphatic heterocycles. The summed E-state index contributed by atoms with van der Waals surface area (Å²) < 4.78 is 27.3. The first kappa shape index (κ1) is 23.7. The van der Waals surface area contributed by atoms with E-state index in [9.17, 15) is 8.42 Å². The highest BCUT2D eigenvalue weighted by Gasteiger charge is 2.25. The molecule has 0 radical (unpaired) electrons. The summed E-state index contributed by atoms with van der Waals surface area (Å²) in [6.45, 7) is 1.68. The van der Waals surface area contributed by atoms with E-state index >= 15 is 0 Å². The maximum atomic E-state index is 13.0. The van der Waals surface area contributed by atoms with Crippen LogP contribution in [0.25, 0.3) is 10.9 Å². The van der Waals surface area contributed by atoms with Crippen molar-refractivity contribution < 1.29 is 8.42 Å². The molecule has 0 bridgehead atoms. The summed E-state index contributed by atoms with van der Waals surface area (Å²) in [5.74, 6) is 1.07. The lowest BCUT2D eigenvalue weighted by Gasteiger charge is -2.18. The number of halogens is 2. The number of rotatable bonds is 9. The van der Waals surface area contributed by atoms with E-state index < -0.39 is 10.0 Å². The van der Waals surface area contributed by atoms with Gasteiger partial charge in [0.15, 0.2) is 0 Å². The summed E-state index contributed by atoms with van der Waals surface area (Å²) in [7, 11) is 1.65. The molecule has 0 saturated carbocycles. The SMILES string of the molecule is CN(C)CCCNc1nc(CN(C)S(=O)(=O)c2cc(Cl)ccc2Cl)nc2ccccc12. The number of benzene rings is 2. The Kier molecular flexibility index (Phi) is 7.72. The van der Waals surface area contributed by atoms with Gasteiger partial charge in [0.1, 0.15) is 16.5 Å². The summed E-state index contributed by atoms with van der Waals surface area (Å²) in [4.78, 5) is 11.2. The molecule has 1 aromatic heterocycles. The van der Waals surface area contributed by atoms with Gasteiger partial charge >= 0.3 is 0 Å². The van der Waals surface area contributed by atoms with Gasteiger partial charge in [-0.25, -0.2) is 18.4 Å². The Bertz CT molecular complexity index is 1170. The molecule has 0 amide bonds. The van der Waals surface area contributed by atoms with Crippen LogP contribution in [0.1, 0.15) is 12.2 Å². The largest absolute Gasteiger partial charge is 0.369 e. The second kappa shape index (κ2) is 10.1. The zero-order valence-electron chi connectivity index (χ0n) is 17.6. The van der Waals surface area contributed by atoms with Crippen molar-refractivity contribution in [1.82, 2.24) is 19.2 Å². The average molecular weight is 482 g/mol. The molecule has 0 unspecified atom stereocenters. The predicted octanol–water partition coefficient (Wildman–Crippen LogP) is 4.12. The van der Waals surface area contributed by atoms with E-state index in [1.165, 1.54) is 23.5 Å². The van der Waals surface area contributed by atoms with Crippen LogP contribution in [-0.4, -0.2) is 61.8 Å². The van der Waals surface area contributed by atoms with Crippen LogP contribution in [0.5, 0.6) is 0 Å². The first-order valence-electron chi connectivity index (χ1n) is 9.74. The van der Waals surface area contributed by atoms with E-state index in [0.717, 1.165) is 30.4 Å². The van der Waals surface area contributed by atoms with E-state index in [1.807, 2.05) is 38.4 Å². The lowest BCUT2D eigenvalue weighted by Crippen LogP contribution is -2.28. The quantitative estimate of drug-likeness (QED) is 0.463. The topological polar surface area (TPSA) is 78.4 Å². The molecular weight excluding hydrogens is 457 g/mol. The monoisotopic (exact) mass is 481 g/mol. The minimum atomic E-state index is -3.88. The van der Waals surface area contributed by atoms with Crippen LogP contribution in [0.4, 0.5) is 5.82 Å². The number of nitrogens with one attached hydrogen (secondary N) is 1. The molecule has 1 heterocycles. The minimum absolute atomic E-state index is 0.0115. The Morgan fingerprint density at radius 1 is 1.03 bits per heavy atom. The first-order chi connectivity index (χ1) is 14.7. The molecular formula is C21H25Cl2N5O2S. The smallest absolute Gasteiger partial charge is 0.244 e. The summed E-state index contributed by atoms with van der Waals surface area (Å²) >= 11 is 12.1. The van der Waals surface area contributed by atoms with Crippen molar-refractivity contribution in [3.63, 3.8) is 0 Å². The van der Waals surface area contributed by atoms with Gasteiger partial charge in [0.2, 0.25) is 10.0 Å². The van der Waals surface area contributed by atoms with Gasteiger partial charge < -0.3 is 10.2 Å². The van der Waals surface area contributed by atoms with Crippen molar-refractivity contribution in [1.29, 1.82) is 0 Å². The standard InChI is InChI=1S/C21H25Cl2N5O2S/c1-27(2)12-6-11-24-21-16-7-4-5-8-18(16)25-20(26-21)14-28(3)31(29,30)19-13-15(22)9-10-17(19)23/h4-5,7-10,13H,6,11-12,14H2,1-3H3,(H,24,25,26). The van der Waals surface area contributed by atoms with Crippen molar-refractivity contribution >= 4 is 49.9 Å². The Morgan fingerprint density at radius 2 is 1.77 bits per heavy atom. The van der Waals surface area contributed by atoms with Crippen molar-refractivity contribution in [3.8, 4) is 0 Å². The zero-order chi connectivity index (χ0) is 22.6. The molecule has 31 heavy (non-hydrogen) atoms.